The van der Waals surface area contributed by atoms with Crippen LogP contribution in [-0.4, -0.2) is 42.5 Å². The van der Waals surface area contributed by atoms with Crippen LogP contribution in [-0.2, 0) is 4.79 Å². The number of nitrogens with zero attached hydrogens (tertiary/aromatic N) is 1. The maximum Gasteiger partial charge on any atom is 0.236 e. The van der Waals surface area contributed by atoms with E-state index in [0.29, 0.717) is 6.04 Å². The number of carbonyl (C=O) groups excluding carboxylic acids is 1. The van der Waals surface area contributed by atoms with Crippen molar-refractivity contribution in [2.45, 2.75) is 64.5 Å². The van der Waals surface area contributed by atoms with Gasteiger partial charge in [0.15, 0.2) is 0 Å². The summed E-state index contributed by atoms with van der Waals surface area (Å²) in [6.45, 7) is 7.40. The molecule has 4 nitrogen and oxygen atoms in total. The number of hydrogen-bond acceptors (Lipinski definition) is 3. The third kappa shape index (κ3) is 5.36. The molecule has 106 valence electrons. The van der Waals surface area contributed by atoms with Crippen LogP contribution in [0.4, 0.5) is 0 Å². The molecule has 1 amide bonds. The Morgan fingerprint density at radius 3 is 2.94 bits per heavy atom. The van der Waals surface area contributed by atoms with Crippen molar-refractivity contribution in [3.63, 3.8) is 0 Å². The fourth-order valence-electron chi connectivity index (χ4n) is 2.56. The maximum absolute atomic E-state index is 11.6. The Hall–Kier alpha value is -0.610. The molecule has 1 aliphatic rings. The van der Waals surface area contributed by atoms with Crippen molar-refractivity contribution in [2.24, 2.45) is 5.73 Å². The van der Waals surface area contributed by atoms with Crippen LogP contribution in [0, 0.1) is 0 Å². The Labute approximate surface area is 111 Å². The number of piperidine rings is 1. The summed E-state index contributed by atoms with van der Waals surface area (Å²) < 4.78 is 0. The van der Waals surface area contributed by atoms with Gasteiger partial charge in [-0.2, -0.15) is 0 Å². The Balaban J connectivity index is 2.08. The molecule has 0 aromatic rings. The first-order valence-corrected chi connectivity index (χ1v) is 7.42. The van der Waals surface area contributed by atoms with E-state index in [1.165, 1.54) is 25.8 Å². The van der Waals surface area contributed by atoms with Gasteiger partial charge in [0.05, 0.1) is 6.04 Å². The molecule has 3 N–H and O–H groups in total. The zero-order valence-corrected chi connectivity index (χ0v) is 12.0. The summed E-state index contributed by atoms with van der Waals surface area (Å²) in [6.07, 6.45) is 6.75. The summed E-state index contributed by atoms with van der Waals surface area (Å²) in [5.74, 6) is 0.00328. The minimum atomic E-state index is -0.330. The number of nitrogens with two attached hydrogens (primary N) is 1. The minimum absolute atomic E-state index is 0.00328. The normalized spacial score (nSPS) is 22.7. The number of nitrogens with one attached hydrogen (secondary N) is 1. The molecule has 1 fully saturated rings. The highest BCUT2D eigenvalue weighted by Gasteiger charge is 2.17. The molecule has 4 heteroatoms. The molecule has 1 unspecified atom stereocenters. The lowest BCUT2D eigenvalue weighted by Crippen LogP contribution is -2.42. The molecule has 1 rings (SSSR count). The second kappa shape index (κ2) is 8.48. The van der Waals surface area contributed by atoms with Crippen LogP contribution in [0.25, 0.3) is 0 Å². The number of likely N-dealkylation sites (tertiary alicyclic amines) is 1. The van der Waals surface area contributed by atoms with Crippen LogP contribution < -0.4 is 11.1 Å². The molecule has 0 aliphatic carbocycles. The van der Waals surface area contributed by atoms with E-state index in [-0.39, 0.29) is 11.9 Å². The van der Waals surface area contributed by atoms with Crippen molar-refractivity contribution < 1.29 is 4.79 Å². The van der Waals surface area contributed by atoms with Gasteiger partial charge in [0.1, 0.15) is 0 Å². The zero-order chi connectivity index (χ0) is 13.4. The molecule has 18 heavy (non-hydrogen) atoms. The van der Waals surface area contributed by atoms with Crippen molar-refractivity contribution in [3.05, 3.63) is 0 Å². The van der Waals surface area contributed by atoms with E-state index in [0.717, 1.165) is 32.4 Å². The van der Waals surface area contributed by atoms with Gasteiger partial charge >= 0.3 is 0 Å². The number of amides is 1. The summed E-state index contributed by atoms with van der Waals surface area (Å²) in [7, 11) is 0. The van der Waals surface area contributed by atoms with Crippen molar-refractivity contribution in [1.29, 1.82) is 0 Å². The van der Waals surface area contributed by atoms with Crippen LogP contribution in [0.2, 0.25) is 0 Å². The molecule has 2 atom stereocenters. The third-order valence-electron chi connectivity index (χ3n) is 3.80. The van der Waals surface area contributed by atoms with E-state index in [4.69, 9.17) is 5.73 Å². The minimum Gasteiger partial charge on any atom is -0.355 e. The monoisotopic (exact) mass is 255 g/mol. The van der Waals surface area contributed by atoms with E-state index in [1.54, 1.807) is 0 Å². The second-order valence-electron chi connectivity index (χ2n) is 5.42. The Morgan fingerprint density at radius 2 is 2.28 bits per heavy atom. The average molecular weight is 255 g/mol. The number of hydrogen-bond donors (Lipinski definition) is 2. The summed E-state index contributed by atoms with van der Waals surface area (Å²) in [4.78, 5) is 14.1. The molecular weight excluding hydrogens is 226 g/mol. The lowest BCUT2D eigenvalue weighted by molar-refractivity contribution is -0.122. The molecule has 1 aliphatic heterocycles. The molecule has 0 bridgehead atoms. The fraction of sp³-hybridized carbons (Fsp3) is 0.929. The molecular formula is C14H29N3O. The number of rotatable bonds is 7. The second-order valence-corrected chi connectivity index (χ2v) is 5.42. The summed E-state index contributed by atoms with van der Waals surface area (Å²) in [6, 6.07) is 0.376. The molecule has 1 saturated heterocycles. The molecule has 0 spiro atoms. The van der Waals surface area contributed by atoms with Crippen LogP contribution in [0.5, 0.6) is 0 Å². The SMILES string of the molecule is CCC[C@@H](N)C(=O)NCCCN1CCCCC1C. The van der Waals surface area contributed by atoms with Gasteiger partial charge in [-0.25, -0.2) is 0 Å². The third-order valence-corrected chi connectivity index (χ3v) is 3.80. The van der Waals surface area contributed by atoms with Gasteiger partial charge in [-0.1, -0.05) is 19.8 Å². The topological polar surface area (TPSA) is 58.4 Å². The largest absolute Gasteiger partial charge is 0.355 e. The first kappa shape index (κ1) is 15.4. The number of carbonyl (C=O) groups is 1. The van der Waals surface area contributed by atoms with Crippen molar-refractivity contribution in [2.75, 3.05) is 19.6 Å². The van der Waals surface area contributed by atoms with E-state index in [1.807, 2.05) is 6.92 Å². The Bertz CT molecular complexity index is 245. The quantitative estimate of drug-likeness (QED) is 0.678. The Morgan fingerprint density at radius 1 is 1.50 bits per heavy atom. The van der Waals surface area contributed by atoms with Gasteiger partial charge in [0.2, 0.25) is 5.91 Å². The molecule has 0 radical (unpaired) electrons. The van der Waals surface area contributed by atoms with E-state index in [9.17, 15) is 4.79 Å². The highest BCUT2D eigenvalue weighted by molar-refractivity contribution is 5.81. The maximum atomic E-state index is 11.6. The van der Waals surface area contributed by atoms with Crippen molar-refractivity contribution in [1.82, 2.24) is 10.2 Å². The van der Waals surface area contributed by atoms with E-state index >= 15 is 0 Å². The van der Waals surface area contributed by atoms with Crippen LogP contribution in [0.1, 0.15) is 52.4 Å². The van der Waals surface area contributed by atoms with E-state index in [2.05, 4.69) is 17.1 Å². The average Bonchev–Trinajstić information content (AvgIpc) is 2.36. The Kier molecular flexibility index (Phi) is 7.28. The molecule has 0 aromatic heterocycles. The van der Waals surface area contributed by atoms with Crippen molar-refractivity contribution >= 4 is 5.91 Å². The first-order valence-electron chi connectivity index (χ1n) is 7.42. The van der Waals surface area contributed by atoms with Gasteiger partial charge in [0.25, 0.3) is 0 Å². The highest BCUT2D eigenvalue weighted by atomic mass is 16.2. The van der Waals surface area contributed by atoms with Gasteiger partial charge in [-0.3, -0.25) is 4.79 Å². The van der Waals surface area contributed by atoms with Crippen LogP contribution in [0.15, 0.2) is 0 Å². The van der Waals surface area contributed by atoms with Crippen LogP contribution >= 0.6 is 0 Å². The lowest BCUT2D eigenvalue weighted by Gasteiger charge is -2.33. The predicted molar refractivity (Wildman–Crippen MR) is 75.4 cm³/mol. The van der Waals surface area contributed by atoms with Gasteiger partial charge < -0.3 is 16.0 Å². The summed E-state index contributed by atoms with van der Waals surface area (Å²) in [5.41, 5.74) is 5.75. The lowest BCUT2D eigenvalue weighted by atomic mass is 10.0. The summed E-state index contributed by atoms with van der Waals surface area (Å²) in [5, 5.41) is 2.93. The smallest absolute Gasteiger partial charge is 0.236 e. The van der Waals surface area contributed by atoms with Gasteiger partial charge in [-0.15, -0.1) is 0 Å². The predicted octanol–water partition coefficient (Wildman–Crippen LogP) is 1.49. The zero-order valence-electron chi connectivity index (χ0n) is 12.0. The van der Waals surface area contributed by atoms with Gasteiger partial charge in [-0.05, 0) is 39.2 Å². The molecule has 0 aromatic carbocycles. The standard InChI is InChI=1S/C14H29N3O/c1-3-7-13(15)14(18)16-9-6-11-17-10-5-4-8-12(17)2/h12-13H,3-11,15H2,1-2H3,(H,16,18)/t12?,13-/m1/s1. The van der Waals surface area contributed by atoms with Crippen molar-refractivity contribution in [3.8, 4) is 0 Å². The van der Waals surface area contributed by atoms with Gasteiger partial charge in [0, 0.05) is 19.1 Å². The molecule has 1 heterocycles. The molecule has 0 saturated carbocycles. The summed E-state index contributed by atoms with van der Waals surface area (Å²) >= 11 is 0. The van der Waals surface area contributed by atoms with E-state index < -0.39 is 0 Å². The van der Waals surface area contributed by atoms with Crippen LogP contribution in [0.3, 0.4) is 0 Å². The highest BCUT2D eigenvalue weighted by Crippen LogP contribution is 2.15. The fourth-order valence-corrected chi connectivity index (χ4v) is 2.56. The first-order chi connectivity index (χ1) is 8.65.